The number of fused-ring (bicyclic) bond motifs is 1. The Bertz CT molecular complexity index is 691. The van der Waals surface area contributed by atoms with Crippen molar-refractivity contribution in [3.63, 3.8) is 0 Å². The van der Waals surface area contributed by atoms with Crippen LogP contribution in [0.5, 0.6) is 0 Å². The minimum Gasteiger partial charge on any atom is -0.373 e. The predicted octanol–water partition coefficient (Wildman–Crippen LogP) is 3.07. The molecule has 0 radical (unpaired) electrons. The average molecular weight is 326 g/mol. The first-order valence-electron chi connectivity index (χ1n) is 8.76. The lowest BCUT2D eigenvalue weighted by atomic mass is 10.1. The van der Waals surface area contributed by atoms with Gasteiger partial charge in [0.1, 0.15) is 0 Å². The van der Waals surface area contributed by atoms with Crippen molar-refractivity contribution in [1.82, 2.24) is 10.2 Å². The molecule has 1 amide bonds. The summed E-state index contributed by atoms with van der Waals surface area (Å²) in [5.74, 6) is 0.00414. The van der Waals surface area contributed by atoms with Crippen molar-refractivity contribution in [3.05, 3.63) is 48.0 Å². The fourth-order valence-corrected chi connectivity index (χ4v) is 3.40. The van der Waals surface area contributed by atoms with E-state index in [1.807, 2.05) is 36.4 Å². The molecule has 1 fully saturated rings. The molecule has 1 N–H and O–H groups in total. The second-order valence-electron chi connectivity index (χ2n) is 6.69. The molecule has 24 heavy (non-hydrogen) atoms. The maximum atomic E-state index is 12.3. The summed E-state index contributed by atoms with van der Waals surface area (Å²) in [6, 6.07) is 13.9. The molecule has 0 spiro atoms. The van der Waals surface area contributed by atoms with Gasteiger partial charge in [0.25, 0.3) is 5.91 Å². The number of nitrogens with one attached hydrogen (secondary N) is 1. The minimum atomic E-state index is 0.00414. The normalized spacial score (nSPS) is 21.8. The minimum absolute atomic E-state index is 0.00414. The van der Waals surface area contributed by atoms with Crippen molar-refractivity contribution in [2.24, 2.45) is 0 Å². The highest BCUT2D eigenvalue weighted by molar-refractivity contribution is 5.98. The Morgan fingerprint density at radius 3 is 2.58 bits per heavy atom. The Morgan fingerprint density at radius 2 is 1.83 bits per heavy atom. The first-order chi connectivity index (χ1) is 11.6. The molecule has 2 atom stereocenters. The Kier molecular flexibility index (Phi) is 5.48. The van der Waals surface area contributed by atoms with E-state index in [1.54, 1.807) is 0 Å². The number of amides is 1. The van der Waals surface area contributed by atoms with E-state index < -0.39 is 0 Å². The predicted molar refractivity (Wildman–Crippen MR) is 97.3 cm³/mol. The molecule has 2 aromatic carbocycles. The molecule has 1 saturated heterocycles. The van der Waals surface area contributed by atoms with Crippen molar-refractivity contribution >= 4 is 16.7 Å². The van der Waals surface area contributed by atoms with Crippen LogP contribution in [0.2, 0.25) is 0 Å². The van der Waals surface area contributed by atoms with Gasteiger partial charge in [0.05, 0.1) is 12.2 Å². The van der Waals surface area contributed by atoms with Crippen LogP contribution in [0.3, 0.4) is 0 Å². The molecule has 128 valence electrons. The molecule has 3 rings (SSSR count). The van der Waals surface area contributed by atoms with Crippen LogP contribution in [0, 0.1) is 0 Å². The first-order valence-corrected chi connectivity index (χ1v) is 8.76. The van der Waals surface area contributed by atoms with Crippen LogP contribution >= 0.6 is 0 Å². The lowest BCUT2D eigenvalue weighted by molar-refractivity contribution is -0.0679. The largest absolute Gasteiger partial charge is 0.373 e. The van der Waals surface area contributed by atoms with Gasteiger partial charge in [-0.1, -0.05) is 30.3 Å². The quantitative estimate of drug-likeness (QED) is 0.859. The van der Waals surface area contributed by atoms with E-state index in [1.165, 1.54) is 0 Å². The van der Waals surface area contributed by atoms with E-state index in [9.17, 15) is 4.79 Å². The summed E-state index contributed by atoms with van der Waals surface area (Å²) in [7, 11) is 0. The molecule has 0 saturated carbocycles. The van der Waals surface area contributed by atoms with E-state index >= 15 is 0 Å². The smallest absolute Gasteiger partial charge is 0.251 e. The van der Waals surface area contributed by atoms with Crippen LogP contribution < -0.4 is 5.32 Å². The number of morpholine rings is 1. The summed E-state index contributed by atoms with van der Waals surface area (Å²) in [6.07, 6.45) is 1.54. The van der Waals surface area contributed by atoms with Gasteiger partial charge in [-0.3, -0.25) is 9.69 Å². The summed E-state index contributed by atoms with van der Waals surface area (Å²) in [6.45, 7) is 7.88. The SMILES string of the molecule is C[C@@H]1CN(CCCNC(=O)c2ccc3ccccc3c2)C[C@H](C)O1. The van der Waals surface area contributed by atoms with Crippen LogP contribution in [0.4, 0.5) is 0 Å². The third-order valence-electron chi connectivity index (χ3n) is 4.44. The van der Waals surface area contributed by atoms with Crippen molar-refractivity contribution in [3.8, 4) is 0 Å². The molecule has 1 aliphatic heterocycles. The number of rotatable bonds is 5. The highest BCUT2D eigenvalue weighted by Crippen LogP contribution is 2.15. The molecule has 0 bridgehead atoms. The van der Waals surface area contributed by atoms with Crippen LogP contribution in [-0.4, -0.2) is 49.2 Å². The number of carbonyl (C=O) groups is 1. The van der Waals surface area contributed by atoms with Crippen molar-refractivity contribution in [2.75, 3.05) is 26.2 Å². The Balaban J connectivity index is 1.46. The van der Waals surface area contributed by atoms with E-state index in [2.05, 4.69) is 30.1 Å². The lowest BCUT2D eigenvalue weighted by Gasteiger charge is -2.35. The zero-order valence-corrected chi connectivity index (χ0v) is 14.5. The number of carbonyl (C=O) groups excluding carboxylic acids is 1. The fraction of sp³-hybridized carbons (Fsp3) is 0.450. The molecule has 0 aliphatic carbocycles. The van der Waals surface area contributed by atoms with Gasteiger partial charge >= 0.3 is 0 Å². The van der Waals surface area contributed by atoms with Gasteiger partial charge in [-0.2, -0.15) is 0 Å². The monoisotopic (exact) mass is 326 g/mol. The van der Waals surface area contributed by atoms with Gasteiger partial charge in [0.2, 0.25) is 0 Å². The van der Waals surface area contributed by atoms with Crippen LogP contribution in [0.25, 0.3) is 10.8 Å². The molecule has 2 aromatic rings. The zero-order chi connectivity index (χ0) is 16.9. The molecule has 1 heterocycles. The molecule has 4 heteroatoms. The summed E-state index contributed by atoms with van der Waals surface area (Å²) in [4.78, 5) is 14.7. The van der Waals surface area contributed by atoms with Crippen molar-refractivity contribution in [2.45, 2.75) is 32.5 Å². The van der Waals surface area contributed by atoms with Gasteiger partial charge < -0.3 is 10.1 Å². The van der Waals surface area contributed by atoms with E-state index in [0.29, 0.717) is 18.8 Å². The van der Waals surface area contributed by atoms with Gasteiger partial charge in [-0.15, -0.1) is 0 Å². The fourth-order valence-electron chi connectivity index (χ4n) is 3.40. The average Bonchev–Trinajstić information content (AvgIpc) is 2.57. The van der Waals surface area contributed by atoms with Gasteiger partial charge in [-0.25, -0.2) is 0 Å². The second-order valence-corrected chi connectivity index (χ2v) is 6.69. The van der Waals surface area contributed by atoms with Crippen LogP contribution in [0.1, 0.15) is 30.6 Å². The maximum Gasteiger partial charge on any atom is 0.251 e. The van der Waals surface area contributed by atoms with Gasteiger partial charge in [0.15, 0.2) is 0 Å². The molecular formula is C20H26N2O2. The van der Waals surface area contributed by atoms with Crippen LogP contribution in [0.15, 0.2) is 42.5 Å². The van der Waals surface area contributed by atoms with Gasteiger partial charge in [-0.05, 0) is 43.2 Å². The summed E-state index contributed by atoms with van der Waals surface area (Å²) >= 11 is 0. The number of nitrogens with zero attached hydrogens (tertiary/aromatic N) is 1. The molecule has 1 aliphatic rings. The Hall–Kier alpha value is -1.91. The number of benzene rings is 2. The second kappa shape index (κ2) is 7.77. The first kappa shape index (κ1) is 16.9. The Morgan fingerprint density at radius 1 is 1.12 bits per heavy atom. The molecule has 4 nitrogen and oxygen atoms in total. The summed E-state index contributed by atoms with van der Waals surface area (Å²) in [5, 5.41) is 5.28. The molecular weight excluding hydrogens is 300 g/mol. The number of ether oxygens (including phenoxy) is 1. The number of hydrogen-bond acceptors (Lipinski definition) is 3. The number of hydrogen-bond donors (Lipinski definition) is 1. The third-order valence-corrected chi connectivity index (χ3v) is 4.44. The highest BCUT2D eigenvalue weighted by Gasteiger charge is 2.21. The van der Waals surface area contributed by atoms with E-state index in [-0.39, 0.29) is 5.91 Å². The van der Waals surface area contributed by atoms with Gasteiger partial charge in [0, 0.05) is 31.7 Å². The van der Waals surface area contributed by atoms with Crippen LogP contribution in [-0.2, 0) is 4.74 Å². The maximum absolute atomic E-state index is 12.3. The topological polar surface area (TPSA) is 41.6 Å². The van der Waals surface area contributed by atoms with E-state index in [4.69, 9.17) is 4.74 Å². The highest BCUT2D eigenvalue weighted by atomic mass is 16.5. The van der Waals surface area contributed by atoms with E-state index in [0.717, 1.165) is 42.4 Å². The van der Waals surface area contributed by atoms with Crippen molar-refractivity contribution < 1.29 is 9.53 Å². The summed E-state index contributed by atoms with van der Waals surface area (Å²) in [5.41, 5.74) is 0.724. The lowest BCUT2D eigenvalue weighted by Crippen LogP contribution is -2.46. The van der Waals surface area contributed by atoms with Crippen molar-refractivity contribution in [1.29, 1.82) is 0 Å². The third kappa shape index (κ3) is 4.34. The summed E-state index contributed by atoms with van der Waals surface area (Å²) < 4.78 is 5.74. The molecule has 0 aromatic heterocycles. The Labute approximate surface area is 143 Å². The zero-order valence-electron chi connectivity index (χ0n) is 14.5. The standard InChI is InChI=1S/C20H26N2O2/c1-15-13-22(14-16(2)24-15)11-5-10-21-20(23)19-9-8-17-6-3-4-7-18(17)12-19/h3-4,6-9,12,15-16H,5,10-11,13-14H2,1-2H3,(H,21,23)/t15-,16+. The molecule has 0 unspecified atom stereocenters.